The number of rotatable bonds is 5. The van der Waals surface area contributed by atoms with Gasteiger partial charge in [0.05, 0.1) is 0 Å². The molecule has 0 aromatic rings. The highest BCUT2D eigenvalue weighted by atomic mass is 16.2. The number of nitrogens with zero attached hydrogens (tertiary/aromatic N) is 1. The molecule has 2 unspecified atom stereocenters. The van der Waals surface area contributed by atoms with Crippen LogP contribution in [0.2, 0.25) is 0 Å². The summed E-state index contributed by atoms with van der Waals surface area (Å²) in [6.45, 7) is 5.89. The van der Waals surface area contributed by atoms with E-state index in [0.29, 0.717) is 25.8 Å². The summed E-state index contributed by atoms with van der Waals surface area (Å²) in [6.07, 6.45) is 1.37. The topological polar surface area (TPSA) is 66.5 Å². The Bertz CT molecular complexity index is 328. The van der Waals surface area contributed by atoms with Crippen molar-refractivity contribution >= 4 is 17.7 Å². The van der Waals surface area contributed by atoms with Gasteiger partial charge in [0.2, 0.25) is 17.7 Å². The molecule has 1 saturated heterocycles. The molecule has 0 radical (unpaired) electrons. The van der Waals surface area contributed by atoms with Gasteiger partial charge in [-0.3, -0.25) is 19.3 Å². The van der Waals surface area contributed by atoms with Gasteiger partial charge in [-0.25, -0.2) is 0 Å². The third-order valence-electron chi connectivity index (χ3n) is 3.05. The van der Waals surface area contributed by atoms with Crippen molar-refractivity contribution in [3.63, 3.8) is 0 Å². The quantitative estimate of drug-likeness (QED) is 0.719. The zero-order valence-electron chi connectivity index (χ0n) is 10.7. The smallest absolute Gasteiger partial charge is 0.232 e. The monoisotopic (exact) mass is 240 g/mol. The molecule has 3 amide bonds. The lowest BCUT2D eigenvalue weighted by molar-refractivity contribution is -0.141. The van der Waals surface area contributed by atoms with Crippen LogP contribution in [-0.2, 0) is 14.4 Å². The summed E-state index contributed by atoms with van der Waals surface area (Å²) >= 11 is 0. The van der Waals surface area contributed by atoms with Gasteiger partial charge in [-0.05, 0) is 13.3 Å². The Balaban J connectivity index is 2.42. The lowest BCUT2D eigenvalue weighted by atomic mass is 10.1. The van der Waals surface area contributed by atoms with Crippen LogP contribution >= 0.6 is 0 Å². The van der Waals surface area contributed by atoms with Gasteiger partial charge in [0.15, 0.2) is 0 Å². The molecule has 1 aliphatic rings. The summed E-state index contributed by atoms with van der Waals surface area (Å²) in [7, 11) is 0. The minimum atomic E-state index is -0.199. The molecule has 0 aliphatic carbocycles. The minimum absolute atomic E-state index is 0.00959. The van der Waals surface area contributed by atoms with Gasteiger partial charge in [0.25, 0.3) is 0 Å². The van der Waals surface area contributed by atoms with E-state index in [1.165, 1.54) is 4.90 Å². The summed E-state index contributed by atoms with van der Waals surface area (Å²) < 4.78 is 0. The molecular weight excluding hydrogens is 220 g/mol. The SMILES string of the molecule is CCC(=O)NCCC(C)N1C(=O)CC(C)C1=O. The van der Waals surface area contributed by atoms with Gasteiger partial charge < -0.3 is 5.32 Å². The fraction of sp³-hybridized carbons (Fsp3) is 0.750. The van der Waals surface area contributed by atoms with Crippen molar-refractivity contribution in [2.24, 2.45) is 5.92 Å². The molecule has 0 bridgehead atoms. The Kier molecular flexibility index (Phi) is 4.66. The third-order valence-corrected chi connectivity index (χ3v) is 3.05. The average molecular weight is 240 g/mol. The van der Waals surface area contributed by atoms with Crippen molar-refractivity contribution in [3.8, 4) is 0 Å². The fourth-order valence-corrected chi connectivity index (χ4v) is 1.95. The van der Waals surface area contributed by atoms with E-state index in [9.17, 15) is 14.4 Å². The summed E-state index contributed by atoms with van der Waals surface area (Å²) in [6, 6.07) is -0.142. The number of imide groups is 1. The van der Waals surface area contributed by atoms with E-state index in [4.69, 9.17) is 0 Å². The average Bonchev–Trinajstić information content (AvgIpc) is 2.52. The predicted octanol–water partition coefficient (Wildman–Crippen LogP) is 0.686. The maximum Gasteiger partial charge on any atom is 0.232 e. The molecule has 1 fully saturated rings. The third kappa shape index (κ3) is 3.28. The number of nitrogens with one attached hydrogen (secondary N) is 1. The molecule has 2 atom stereocenters. The molecule has 5 heteroatoms. The highest BCUT2D eigenvalue weighted by molar-refractivity contribution is 6.03. The molecule has 0 spiro atoms. The van der Waals surface area contributed by atoms with Crippen molar-refractivity contribution in [1.82, 2.24) is 10.2 Å². The maximum atomic E-state index is 11.7. The van der Waals surface area contributed by atoms with Crippen molar-refractivity contribution < 1.29 is 14.4 Å². The molecule has 5 nitrogen and oxygen atoms in total. The maximum absolute atomic E-state index is 11.7. The van der Waals surface area contributed by atoms with E-state index in [1.807, 2.05) is 6.92 Å². The van der Waals surface area contributed by atoms with Crippen LogP contribution in [0.4, 0.5) is 0 Å². The van der Waals surface area contributed by atoms with Crippen molar-refractivity contribution in [1.29, 1.82) is 0 Å². The van der Waals surface area contributed by atoms with Crippen LogP contribution < -0.4 is 5.32 Å². The first kappa shape index (κ1) is 13.7. The van der Waals surface area contributed by atoms with Crippen LogP contribution in [-0.4, -0.2) is 35.2 Å². The second-order valence-electron chi connectivity index (χ2n) is 4.55. The van der Waals surface area contributed by atoms with Crippen LogP contribution in [0, 0.1) is 5.92 Å². The number of likely N-dealkylation sites (tertiary alicyclic amines) is 1. The first-order valence-electron chi connectivity index (χ1n) is 6.10. The Hall–Kier alpha value is -1.39. The molecule has 1 N–H and O–H groups in total. The molecule has 0 saturated carbocycles. The van der Waals surface area contributed by atoms with Crippen molar-refractivity contribution in [2.45, 2.75) is 46.1 Å². The highest BCUT2D eigenvalue weighted by Gasteiger charge is 2.38. The summed E-state index contributed by atoms with van der Waals surface area (Å²) in [5.74, 6) is -0.402. The molecule has 96 valence electrons. The van der Waals surface area contributed by atoms with Crippen LogP contribution in [0.25, 0.3) is 0 Å². The van der Waals surface area contributed by atoms with Gasteiger partial charge in [-0.15, -0.1) is 0 Å². The lowest BCUT2D eigenvalue weighted by Crippen LogP contribution is -2.40. The van der Waals surface area contributed by atoms with Crippen molar-refractivity contribution in [3.05, 3.63) is 0 Å². The van der Waals surface area contributed by atoms with E-state index >= 15 is 0 Å². The summed E-state index contributed by atoms with van der Waals surface area (Å²) in [5.41, 5.74) is 0. The van der Waals surface area contributed by atoms with Gasteiger partial charge in [0.1, 0.15) is 0 Å². The summed E-state index contributed by atoms with van der Waals surface area (Å²) in [5, 5.41) is 2.74. The van der Waals surface area contributed by atoms with Gasteiger partial charge >= 0.3 is 0 Å². The minimum Gasteiger partial charge on any atom is -0.356 e. The highest BCUT2D eigenvalue weighted by Crippen LogP contribution is 2.22. The standard InChI is InChI=1S/C12H20N2O3/c1-4-10(15)13-6-5-9(3)14-11(16)7-8(2)12(14)17/h8-9H,4-7H2,1-3H3,(H,13,15). The van der Waals surface area contributed by atoms with Crippen molar-refractivity contribution in [2.75, 3.05) is 6.54 Å². The normalized spacial score (nSPS) is 21.8. The Labute approximate surface area is 102 Å². The molecule has 17 heavy (non-hydrogen) atoms. The summed E-state index contributed by atoms with van der Waals surface area (Å²) in [4.78, 5) is 35.7. The fourth-order valence-electron chi connectivity index (χ4n) is 1.95. The number of hydrogen-bond acceptors (Lipinski definition) is 3. The molecule has 1 rings (SSSR count). The molecule has 0 aromatic carbocycles. The number of carbonyl (C=O) groups is 3. The van der Waals surface area contributed by atoms with Crippen LogP contribution in [0.5, 0.6) is 0 Å². The number of amides is 3. The van der Waals surface area contributed by atoms with E-state index in [-0.39, 0.29) is 29.7 Å². The van der Waals surface area contributed by atoms with Crippen LogP contribution in [0.1, 0.15) is 40.0 Å². The molecule has 0 aromatic heterocycles. The first-order chi connectivity index (χ1) is 7.97. The number of carbonyl (C=O) groups excluding carboxylic acids is 3. The molecule has 1 heterocycles. The Morgan fingerprint density at radius 3 is 2.65 bits per heavy atom. The van der Waals surface area contributed by atoms with Crippen LogP contribution in [0.3, 0.4) is 0 Å². The van der Waals surface area contributed by atoms with E-state index in [0.717, 1.165) is 0 Å². The second kappa shape index (κ2) is 5.80. The number of hydrogen-bond donors (Lipinski definition) is 1. The Morgan fingerprint density at radius 2 is 2.18 bits per heavy atom. The Morgan fingerprint density at radius 1 is 1.53 bits per heavy atom. The molecular formula is C12H20N2O3. The zero-order valence-corrected chi connectivity index (χ0v) is 10.7. The van der Waals surface area contributed by atoms with Gasteiger partial charge in [0, 0.05) is 31.3 Å². The largest absolute Gasteiger partial charge is 0.356 e. The van der Waals surface area contributed by atoms with Crippen LogP contribution in [0.15, 0.2) is 0 Å². The van der Waals surface area contributed by atoms with Gasteiger partial charge in [-0.2, -0.15) is 0 Å². The molecule has 1 aliphatic heterocycles. The predicted molar refractivity (Wildman–Crippen MR) is 63.0 cm³/mol. The van der Waals surface area contributed by atoms with E-state index in [1.54, 1.807) is 13.8 Å². The first-order valence-corrected chi connectivity index (χ1v) is 6.10. The second-order valence-corrected chi connectivity index (χ2v) is 4.55. The van der Waals surface area contributed by atoms with E-state index in [2.05, 4.69) is 5.32 Å². The van der Waals surface area contributed by atoms with E-state index < -0.39 is 0 Å². The van der Waals surface area contributed by atoms with Gasteiger partial charge in [-0.1, -0.05) is 13.8 Å². The lowest BCUT2D eigenvalue weighted by Gasteiger charge is -2.22. The zero-order chi connectivity index (χ0) is 13.0.